The third-order valence-electron chi connectivity index (χ3n) is 2.12. The van der Waals surface area contributed by atoms with E-state index in [-0.39, 0.29) is 6.42 Å². The molecular formula is C11H12O6S. The topological polar surface area (TPSA) is 97.7 Å². The molecule has 0 bridgehead atoms. The molecule has 0 amide bonds. The normalized spacial score (nSPS) is 12.7. The van der Waals surface area contributed by atoms with E-state index < -0.39 is 27.3 Å². The third-order valence-corrected chi connectivity index (χ3v) is 3.65. The van der Waals surface area contributed by atoms with Gasteiger partial charge >= 0.3 is 22.1 Å². The highest BCUT2D eigenvalue weighted by atomic mass is 32.2. The van der Waals surface area contributed by atoms with Gasteiger partial charge in [0.1, 0.15) is 0 Å². The van der Waals surface area contributed by atoms with Gasteiger partial charge in [0, 0.05) is 13.3 Å². The van der Waals surface area contributed by atoms with E-state index in [0.29, 0.717) is 5.56 Å². The van der Waals surface area contributed by atoms with Crippen LogP contribution in [-0.2, 0) is 30.3 Å². The molecule has 0 aliphatic carbocycles. The minimum Gasteiger partial charge on any atom is -0.480 e. The van der Waals surface area contributed by atoms with Crippen LogP contribution in [0.2, 0.25) is 0 Å². The number of carboxylic acids is 1. The van der Waals surface area contributed by atoms with Gasteiger partial charge in [-0.25, -0.2) is 0 Å². The second-order valence-corrected chi connectivity index (χ2v) is 5.31. The Balaban J connectivity index is 2.98. The second-order valence-electron chi connectivity index (χ2n) is 3.58. The zero-order valence-corrected chi connectivity index (χ0v) is 10.4. The molecule has 6 nitrogen and oxygen atoms in total. The van der Waals surface area contributed by atoms with Gasteiger partial charge in [0.15, 0.2) is 5.25 Å². The Morgan fingerprint density at radius 2 is 1.83 bits per heavy atom. The molecule has 1 N–H and O–H groups in total. The van der Waals surface area contributed by atoms with Crippen molar-refractivity contribution < 1.29 is 27.3 Å². The first-order valence-corrected chi connectivity index (χ1v) is 6.50. The molecule has 1 aromatic rings. The van der Waals surface area contributed by atoms with E-state index >= 15 is 0 Å². The molecule has 1 aromatic carbocycles. The highest BCUT2D eigenvalue weighted by Gasteiger charge is 2.35. The maximum absolute atomic E-state index is 11.6. The van der Waals surface area contributed by atoms with E-state index in [1.807, 2.05) is 0 Å². The Morgan fingerprint density at radius 3 is 2.28 bits per heavy atom. The quantitative estimate of drug-likeness (QED) is 0.787. The first kappa shape index (κ1) is 14.2. The molecule has 0 saturated carbocycles. The van der Waals surface area contributed by atoms with E-state index in [2.05, 4.69) is 4.18 Å². The predicted octanol–water partition coefficient (Wildman–Crippen LogP) is 0.575. The summed E-state index contributed by atoms with van der Waals surface area (Å²) < 4.78 is 27.2. The van der Waals surface area contributed by atoms with Crippen LogP contribution in [0.25, 0.3) is 0 Å². The number of hydrogen-bond acceptors (Lipinski definition) is 5. The summed E-state index contributed by atoms with van der Waals surface area (Å²) in [5, 5.41) is 7.11. The molecule has 0 spiro atoms. The first-order valence-electron chi connectivity index (χ1n) is 5.03. The van der Waals surface area contributed by atoms with E-state index in [1.165, 1.54) is 0 Å². The third kappa shape index (κ3) is 3.85. The van der Waals surface area contributed by atoms with Crippen LogP contribution in [0.1, 0.15) is 12.5 Å². The van der Waals surface area contributed by atoms with Crippen molar-refractivity contribution in [3.63, 3.8) is 0 Å². The fourth-order valence-corrected chi connectivity index (χ4v) is 2.45. The number of aliphatic carboxylic acids is 1. The molecule has 0 aliphatic heterocycles. The molecular weight excluding hydrogens is 260 g/mol. The Hall–Kier alpha value is -1.89. The summed E-state index contributed by atoms with van der Waals surface area (Å²) in [6, 6.07) is 8.23. The van der Waals surface area contributed by atoms with E-state index in [1.54, 1.807) is 30.3 Å². The van der Waals surface area contributed by atoms with Crippen LogP contribution in [0.4, 0.5) is 0 Å². The van der Waals surface area contributed by atoms with Crippen molar-refractivity contribution in [3.8, 4) is 0 Å². The van der Waals surface area contributed by atoms with Crippen molar-refractivity contribution in [2.24, 2.45) is 0 Å². The maximum Gasteiger partial charge on any atom is 0.325 e. The van der Waals surface area contributed by atoms with Gasteiger partial charge in [-0.3, -0.25) is 9.59 Å². The molecule has 7 heteroatoms. The van der Waals surface area contributed by atoms with Crippen LogP contribution < -0.4 is 0 Å². The van der Waals surface area contributed by atoms with Crippen LogP contribution in [0.5, 0.6) is 0 Å². The number of carbonyl (C=O) groups excluding carboxylic acids is 1. The summed E-state index contributed by atoms with van der Waals surface area (Å²) in [4.78, 5) is 21.6. The van der Waals surface area contributed by atoms with Crippen molar-refractivity contribution in [2.75, 3.05) is 0 Å². The summed E-state index contributed by atoms with van der Waals surface area (Å²) in [6.45, 7) is 0.902. The Labute approximate surface area is 104 Å². The SMILES string of the molecule is CC(=O)OS(=O)(=O)C(Cc1ccccc1)C(=O)O. The van der Waals surface area contributed by atoms with Crippen molar-refractivity contribution in [3.05, 3.63) is 35.9 Å². The fourth-order valence-electron chi connectivity index (χ4n) is 1.36. The number of rotatable bonds is 5. The summed E-state index contributed by atoms with van der Waals surface area (Å²) in [5.41, 5.74) is 0.528. The summed E-state index contributed by atoms with van der Waals surface area (Å²) in [5.74, 6) is -2.62. The molecule has 0 aromatic heterocycles. The molecule has 98 valence electrons. The van der Waals surface area contributed by atoms with Gasteiger partial charge in [0.05, 0.1) is 0 Å². The number of carbonyl (C=O) groups is 2. The van der Waals surface area contributed by atoms with Crippen molar-refractivity contribution in [1.29, 1.82) is 0 Å². The van der Waals surface area contributed by atoms with Crippen LogP contribution >= 0.6 is 0 Å². The largest absolute Gasteiger partial charge is 0.480 e. The van der Waals surface area contributed by atoms with E-state index in [9.17, 15) is 18.0 Å². The number of carboxylic acid groups (broad SMARTS) is 1. The maximum atomic E-state index is 11.6. The van der Waals surface area contributed by atoms with Crippen LogP contribution in [0.15, 0.2) is 30.3 Å². The average molecular weight is 272 g/mol. The van der Waals surface area contributed by atoms with Gasteiger partial charge in [0.25, 0.3) is 0 Å². The minimum atomic E-state index is -4.47. The van der Waals surface area contributed by atoms with Crippen molar-refractivity contribution in [2.45, 2.75) is 18.6 Å². The lowest BCUT2D eigenvalue weighted by Crippen LogP contribution is -2.34. The van der Waals surface area contributed by atoms with Crippen LogP contribution in [0, 0.1) is 0 Å². The summed E-state index contributed by atoms with van der Waals surface area (Å²) in [7, 11) is -4.47. The van der Waals surface area contributed by atoms with Gasteiger partial charge < -0.3 is 9.29 Å². The van der Waals surface area contributed by atoms with Gasteiger partial charge in [-0.2, -0.15) is 8.42 Å². The Kier molecular flexibility index (Phi) is 4.43. The average Bonchev–Trinajstić information content (AvgIpc) is 2.25. The molecule has 1 atom stereocenters. The molecule has 0 aliphatic rings. The lowest BCUT2D eigenvalue weighted by molar-refractivity contribution is -0.136. The zero-order chi connectivity index (χ0) is 13.8. The van der Waals surface area contributed by atoms with Gasteiger partial charge in [-0.15, -0.1) is 0 Å². The predicted molar refractivity (Wildman–Crippen MR) is 62.3 cm³/mol. The lowest BCUT2D eigenvalue weighted by atomic mass is 10.1. The molecule has 18 heavy (non-hydrogen) atoms. The Morgan fingerprint density at radius 1 is 1.28 bits per heavy atom. The molecule has 1 rings (SSSR count). The second kappa shape index (κ2) is 5.63. The van der Waals surface area contributed by atoms with Crippen LogP contribution in [-0.4, -0.2) is 30.7 Å². The minimum absolute atomic E-state index is 0.258. The number of benzene rings is 1. The Bertz CT molecular complexity index is 534. The van der Waals surface area contributed by atoms with Gasteiger partial charge in [-0.05, 0) is 5.56 Å². The molecule has 0 radical (unpaired) electrons. The smallest absolute Gasteiger partial charge is 0.325 e. The standard InChI is InChI=1S/C11H12O6S/c1-8(12)17-18(15,16)10(11(13)14)7-9-5-3-2-4-6-9/h2-6,10H,7H2,1H3,(H,13,14). The van der Waals surface area contributed by atoms with E-state index in [0.717, 1.165) is 6.92 Å². The highest BCUT2D eigenvalue weighted by molar-refractivity contribution is 7.88. The van der Waals surface area contributed by atoms with Crippen LogP contribution in [0.3, 0.4) is 0 Å². The van der Waals surface area contributed by atoms with E-state index in [4.69, 9.17) is 5.11 Å². The lowest BCUT2D eigenvalue weighted by Gasteiger charge is -2.12. The van der Waals surface area contributed by atoms with Crippen molar-refractivity contribution >= 4 is 22.1 Å². The first-order chi connectivity index (χ1) is 8.33. The highest BCUT2D eigenvalue weighted by Crippen LogP contribution is 2.13. The zero-order valence-electron chi connectivity index (χ0n) is 9.57. The monoisotopic (exact) mass is 272 g/mol. The fraction of sp³-hybridized carbons (Fsp3) is 0.273. The number of hydrogen-bond donors (Lipinski definition) is 1. The molecule has 0 heterocycles. The molecule has 1 unspecified atom stereocenters. The summed E-state index contributed by atoms with van der Waals surface area (Å²) >= 11 is 0. The van der Waals surface area contributed by atoms with Gasteiger partial charge in [-0.1, -0.05) is 30.3 Å². The summed E-state index contributed by atoms with van der Waals surface area (Å²) in [6.07, 6.45) is -0.258. The molecule has 0 saturated heterocycles. The molecule has 0 fully saturated rings. The van der Waals surface area contributed by atoms with Gasteiger partial charge in [0.2, 0.25) is 0 Å². The van der Waals surface area contributed by atoms with Crippen molar-refractivity contribution in [1.82, 2.24) is 0 Å².